The van der Waals surface area contributed by atoms with E-state index in [0.29, 0.717) is 12.0 Å². The lowest BCUT2D eigenvalue weighted by Gasteiger charge is -2.21. The zero-order valence-corrected chi connectivity index (χ0v) is 17.5. The Morgan fingerprint density at radius 1 is 1.13 bits per heavy atom. The first-order chi connectivity index (χ1) is 15.0. The van der Waals surface area contributed by atoms with Gasteiger partial charge in [-0.3, -0.25) is 14.8 Å². The monoisotopic (exact) mass is 426 g/mol. The van der Waals surface area contributed by atoms with E-state index in [0.717, 1.165) is 22.3 Å². The molecule has 1 aromatic heterocycles. The number of rotatable bonds is 10. The van der Waals surface area contributed by atoms with Crippen LogP contribution in [0, 0.1) is 5.92 Å². The summed E-state index contributed by atoms with van der Waals surface area (Å²) in [5, 5.41) is 12.7. The van der Waals surface area contributed by atoms with Crippen molar-refractivity contribution in [3.05, 3.63) is 60.2 Å². The van der Waals surface area contributed by atoms with Crippen LogP contribution < -0.4 is 10.8 Å². The molecular weight excluding hydrogens is 400 g/mol. The molecule has 3 N–H and O–H groups in total. The van der Waals surface area contributed by atoms with E-state index < -0.39 is 17.9 Å². The van der Waals surface area contributed by atoms with Crippen molar-refractivity contribution in [3.63, 3.8) is 0 Å². The van der Waals surface area contributed by atoms with E-state index in [1.165, 1.54) is 7.11 Å². The normalized spacial score (nSPS) is 13.0. The lowest BCUT2D eigenvalue weighted by molar-refractivity contribution is -0.133. The smallest absolute Gasteiger partial charge is 0.251 e. The molecule has 0 aliphatic heterocycles. The molecule has 2 aromatic carbocycles. The summed E-state index contributed by atoms with van der Waals surface area (Å²) in [4.78, 5) is 24.3. The van der Waals surface area contributed by atoms with Gasteiger partial charge in [-0.25, -0.2) is 5.48 Å². The largest absolute Gasteiger partial charge is 0.456 e. The minimum Gasteiger partial charge on any atom is -0.456 e. The summed E-state index contributed by atoms with van der Waals surface area (Å²) in [6.07, 6.45) is 0.291. The van der Waals surface area contributed by atoms with Gasteiger partial charge in [-0.2, -0.15) is 0 Å². The van der Waals surface area contributed by atoms with Crippen LogP contribution in [-0.2, 0) is 14.3 Å². The Bertz CT molecular complexity index is 981. The minimum absolute atomic E-state index is 0.0686. The standard InChI is InChI=1S/C23H26N2O6/c1-15(22(26)25-28)11-19(13-30-14-29-2)24-23(27)17-9-7-16(8-10-17)21-12-18-5-3-4-6-20(18)31-21/h3-10,12,15,19,28H,11,13-14H2,1-2H3,(H,24,27)(H,25,26). The van der Waals surface area contributed by atoms with Gasteiger partial charge in [0.15, 0.2) is 0 Å². The first kappa shape index (κ1) is 22.5. The van der Waals surface area contributed by atoms with Crippen molar-refractivity contribution in [2.45, 2.75) is 19.4 Å². The molecule has 164 valence electrons. The van der Waals surface area contributed by atoms with Crippen LogP contribution in [0.15, 0.2) is 59.0 Å². The van der Waals surface area contributed by atoms with Crippen molar-refractivity contribution in [3.8, 4) is 11.3 Å². The highest BCUT2D eigenvalue weighted by molar-refractivity contribution is 5.95. The number of fused-ring (bicyclic) bond motifs is 1. The Morgan fingerprint density at radius 2 is 1.87 bits per heavy atom. The average molecular weight is 426 g/mol. The molecule has 0 radical (unpaired) electrons. The summed E-state index contributed by atoms with van der Waals surface area (Å²) >= 11 is 0. The summed E-state index contributed by atoms with van der Waals surface area (Å²) in [6, 6.07) is 16.4. The zero-order chi connectivity index (χ0) is 22.2. The molecule has 0 aliphatic carbocycles. The topological polar surface area (TPSA) is 110 Å². The Hall–Kier alpha value is -3.20. The van der Waals surface area contributed by atoms with Crippen LogP contribution >= 0.6 is 0 Å². The van der Waals surface area contributed by atoms with E-state index in [1.54, 1.807) is 24.5 Å². The van der Waals surface area contributed by atoms with Crippen LogP contribution in [0.3, 0.4) is 0 Å². The van der Waals surface area contributed by atoms with Gasteiger partial charge in [0.05, 0.1) is 12.6 Å². The third-order valence-corrected chi connectivity index (χ3v) is 4.91. The minimum atomic E-state index is -0.527. The van der Waals surface area contributed by atoms with Crippen molar-refractivity contribution >= 4 is 22.8 Å². The number of hydrogen-bond donors (Lipinski definition) is 3. The van der Waals surface area contributed by atoms with E-state index in [4.69, 9.17) is 19.1 Å². The number of carbonyl (C=O) groups is 2. The van der Waals surface area contributed by atoms with Crippen LogP contribution in [0.4, 0.5) is 0 Å². The Balaban J connectivity index is 1.68. The van der Waals surface area contributed by atoms with E-state index in [2.05, 4.69) is 5.32 Å². The second-order valence-corrected chi connectivity index (χ2v) is 7.29. The van der Waals surface area contributed by atoms with Crippen LogP contribution in [0.1, 0.15) is 23.7 Å². The third-order valence-electron chi connectivity index (χ3n) is 4.91. The van der Waals surface area contributed by atoms with Gasteiger partial charge in [-0.05, 0) is 30.7 Å². The molecule has 0 saturated heterocycles. The predicted octanol–water partition coefficient (Wildman–Crippen LogP) is 3.35. The fourth-order valence-electron chi connectivity index (χ4n) is 3.27. The maximum Gasteiger partial charge on any atom is 0.251 e. The van der Waals surface area contributed by atoms with Crippen LogP contribution in [0.2, 0.25) is 0 Å². The first-order valence-corrected chi connectivity index (χ1v) is 9.92. The molecule has 8 nitrogen and oxygen atoms in total. The van der Waals surface area contributed by atoms with Gasteiger partial charge in [0.25, 0.3) is 5.91 Å². The molecule has 3 aromatic rings. The fraction of sp³-hybridized carbons (Fsp3) is 0.304. The number of hydroxylamine groups is 1. The van der Waals surface area contributed by atoms with E-state index >= 15 is 0 Å². The van der Waals surface area contributed by atoms with Gasteiger partial charge in [0.2, 0.25) is 5.91 Å². The van der Waals surface area contributed by atoms with Crippen LogP contribution in [0.5, 0.6) is 0 Å². The summed E-state index contributed by atoms with van der Waals surface area (Å²) in [7, 11) is 1.50. The average Bonchev–Trinajstić information content (AvgIpc) is 3.23. The lowest BCUT2D eigenvalue weighted by atomic mass is 10.0. The van der Waals surface area contributed by atoms with Crippen molar-refractivity contribution in [2.75, 3.05) is 20.5 Å². The summed E-state index contributed by atoms with van der Waals surface area (Å²) < 4.78 is 16.1. The highest BCUT2D eigenvalue weighted by Crippen LogP contribution is 2.27. The van der Waals surface area contributed by atoms with Crippen molar-refractivity contribution in [1.82, 2.24) is 10.8 Å². The third kappa shape index (κ3) is 5.91. The number of nitrogens with one attached hydrogen (secondary N) is 2. The number of para-hydroxylation sites is 1. The number of ether oxygens (including phenoxy) is 2. The Labute approximate surface area is 180 Å². The zero-order valence-electron chi connectivity index (χ0n) is 17.5. The second kappa shape index (κ2) is 10.7. The summed E-state index contributed by atoms with van der Waals surface area (Å²) in [5.41, 5.74) is 3.76. The molecule has 2 unspecified atom stereocenters. The fourth-order valence-corrected chi connectivity index (χ4v) is 3.27. The molecule has 0 spiro atoms. The Morgan fingerprint density at radius 3 is 2.55 bits per heavy atom. The van der Waals surface area contributed by atoms with Gasteiger partial charge in [-0.1, -0.05) is 37.3 Å². The van der Waals surface area contributed by atoms with Crippen molar-refractivity contribution in [1.29, 1.82) is 0 Å². The predicted molar refractivity (Wildman–Crippen MR) is 114 cm³/mol. The van der Waals surface area contributed by atoms with Gasteiger partial charge in [0, 0.05) is 29.5 Å². The second-order valence-electron chi connectivity index (χ2n) is 7.29. The number of furan rings is 1. The lowest BCUT2D eigenvalue weighted by Crippen LogP contribution is -2.41. The molecule has 0 fully saturated rings. The molecule has 0 saturated carbocycles. The van der Waals surface area contributed by atoms with Gasteiger partial charge in [0.1, 0.15) is 18.1 Å². The van der Waals surface area contributed by atoms with Crippen LogP contribution in [-0.4, -0.2) is 43.6 Å². The maximum absolute atomic E-state index is 12.7. The van der Waals surface area contributed by atoms with E-state index in [9.17, 15) is 9.59 Å². The highest BCUT2D eigenvalue weighted by atomic mass is 16.7. The molecule has 8 heteroatoms. The molecular formula is C23H26N2O6. The van der Waals surface area contributed by atoms with E-state index in [-0.39, 0.29) is 19.3 Å². The molecule has 3 rings (SSSR count). The molecule has 1 heterocycles. The van der Waals surface area contributed by atoms with E-state index in [1.807, 2.05) is 42.5 Å². The van der Waals surface area contributed by atoms with Crippen molar-refractivity contribution in [2.24, 2.45) is 5.92 Å². The number of carbonyl (C=O) groups excluding carboxylic acids is 2. The SMILES string of the molecule is COCOCC(CC(C)C(=O)NO)NC(=O)c1ccc(-c2cc3ccccc3o2)cc1. The van der Waals surface area contributed by atoms with Crippen molar-refractivity contribution < 1.29 is 28.7 Å². The van der Waals surface area contributed by atoms with Gasteiger partial charge >= 0.3 is 0 Å². The molecule has 31 heavy (non-hydrogen) atoms. The Kier molecular flexibility index (Phi) is 7.77. The van der Waals surface area contributed by atoms with Crippen LogP contribution in [0.25, 0.3) is 22.3 Å². The number of amides is 2. The maximum atomic E-state index is 12.7. The number of benzene rings is 2. The molecule has 2 amide bonds. The number of methoxy groups -OCH3 is 1. The van der Waals surface area contributed by atoms with Gasteiger partial charge < -0.3 is 19.2 Å². The molecule has 0 aliphatic rings. The summed E-state index contributed by atoms with van der Waals surface area (Å²) in [5.74, 6) is -0.611. The quantitative estimate of drug-likeness (QED) is 0.198. The number of hydrogen-bond acceptors (Lipinski definition) is 6. The molecule has 2 atom stereocenters. The highest BCUT2D eigenvalue weighted by Gasteiger charge is 2.21. The van der Waals surface area contributed by atoms with Gasteiger partial charge in [-0.15, -0.1) is 0 Å². The summed E-state index contributed by atoms with van der Waals surface area (Å²) in [6.45, 7) is 1.89. The first-order valence-electron chi connectivity index (χ1n) is 9.92. The molecule has 0 bridgehead atoms.